The minimum atomic E-state index is -0.511. The van der Waals surface area contributed by atoms with Crippen molar-refractivity contribution in [2.45, 2.75) is 31.7 Å². The van der Waals surface area contributed by atoms with Crippen LogP contribution in [0.5, 0.6) is 0 Å². The van der Waals surface area contributed by atoms with Gasteiger partial charge in [-0.2, -0.15) is 0 Å². The third kappa shape index (κ3) is 3.13. The van der Waals surface area contributed by atoms with Crippen LogP contribution in [0.4, 0.5) is 11.5 Å². The number of aromatic nitrogens is 1. The van der Waals surface area contributed by atoms with Crippen LogP contribution in [0.15, 0.2) is 12.3 Å². The molecule has 0 unspecified atom stereocenters. The van der Waals surface area contributed by atoms with Crippen LogP contribution in [-0.2, 0) is 4.74 Å². The monoisotopic (exact) mass is 285 g/mol. The van der Waals surface area contributed by atoms with E-state index in [1.165, 1.54) is 12.3 Å². The molecule has 6 nitrogen and oxygen atoms in total. The van der Waals surface area contributed by atoms with Crippen LogP contribution >= 0.6 is 11.6 Å². The standard InChI is InChI=1S/C12H16ClN3O3/c1-2-3-12(4-5-19-8-12)15-11-10(13)6-9(7-14-11)16(17)18/h6-7H,2-5,8H2,1H3,(H,14,15)/t12-/m0/s1. The van der Waals surface area contributed by atoms with E-state index in [2.05, 4.69) is 17.2 Å². The normalized spacial score (nSPS) is 22.4. The summed E-state index contributed by atoms with van der Waals surface area (Å²) in [7, 11) is 0. The van der Waals surface area contributed by atoms with Gasteiger partial charge in [0, 0.05) is 12.7 Å². The summed E-state index contributed by atoms with van der Waals surface area (Å²) < 4.78 is 5.45. The molecular formula is C12H16ClN3O3. The van der Waals surface area contributed by atoms with Crippen molar-refractivity contribution in [3.63, 3.8) is 0 Å². The summed E-state index contributed by atoms with van der Waals surface area (Å²) in [6.45, 7) is 3.42. The van der Waals surface area contributed by atoms with Gasteiger partial charge in [-0.25, -0.2) is 4.98 Å². The highest BCUT2D eigenvalue weighted by atomic mass is 35.5. The highest BCUT2D eigenvalue weighted by molar-refractivity contribution is 6.33. The van der Waals surface area contributed by atoms with Crippen LogP contribution < -0.4 is 5.32 Å². The summed E-state index contributed by atoms with van der Waals surface area (Å²) in [5.41, 5.74) is -0.274. The van der Waals surface area contributed by atoms with Gasteiger partial charge in [0.15, 0.2) is 0 Å². The van der Waals surface area contributed by atoms with Crippen molar-refractivity contribution in [3.8, 4) is 0 Å². The van der Waals surface area contributed by atoms with Gasteiger partial charge in [0.2, 0.25) is 0 Å². The lowest BCUT2D eigenvalue weighted by Gasteiger charge is -2.29. The van der Waals surface area contributed by atoms with Crippen molar-refractivity contribution in [2.24, 2.45) is 0 Å². The minimum Gasteiger partial charge on any atom is -0.379 e. The molecule has 0 aromatic carbocycles. The SMILES string of the molecule is CCC[C@]1(Nc2ncc([N+](=O)[O-])cc2Cl)CCOC1. The predicted octanol–water partition coefficient (Wildman–Crippen LogP) is 3.01. The Kier molecular flexibility index (Phi) is 4.21. The van der Waals surface area contributed by atoms with Gasteiger partial charge in [0.1, 0.15) is 12.0 Å². The number of anilines is 1. The number of nitrogens with one attached hydrogen (secondary N) is 1. The number of nitro groups is 1. The van der Waals surface area contributed by atoms with E-state index in [0.717, 1.165) is 19.3 Å². The first-order chi connectivity index (χ1) is 9.06. The maximum Gasteiger partial charge on any atom is 0.289 e. The molecule has 1 atom stereocenters. The lowest BCUT2D eigenvalue weighted by molar-refractivity contribution is -0.385. The molecule has 0 aliphatic carbocycles. The molecule has 104 valence electrons. The van der Waals surface area contributed by atoms with Crippen LogP contribution in [0.1, 0.15) is 26.2 Å². The largest absolute Gasteiger partial charge is 0.379 e. The number of halogens is 1. The highest BCUT2D eigenvalue weighted by Gasteiger charge is 2.34. The third-order valence-corrected chi connectivity index (χ3v) is 3.54. The molecule has 0 radical (unpaired) electrons. The first-order valence-electron chi connectivity index (χ1n) is 6.22. The molecule has 1 N–H and O–H groups in total. The van der Waals surface area contributed by atoms with Gasteiger partial charge in [0.05, 0.1) is 22.1 Å². The lowest BCUT2D eigenvalue weighted by Crippen LogP contribution is -2.39. The maximum absolute atomic E-state index is 10.6. The predicted molar refractivity (Wildman–Crippen MR) is 72.6 cm³/mol. The number of ether oxygens (including phenoxy) is 1. The van der Waals surface area contributed by atoms with E-state index in [4.69, 9.17) is 16.3 Å². The summed E-state index contributed by atoms with van der Waals surface area (Å²) in [6.07, 6.45) is 4.06. The Morgan fingerprint density at radius 1 is 1.68 bits per heavy atom. The van der Waals surface area contributed by atoms with Crippen molar-refractivity contribution in [2.75, 3.05) is 18.5 Å². The number of nitrogens with zero attached hydrogens (tertiary/aromatic N) is 2. The number of rotatable bonds is 5. The molecule has 1 aliphatic rings. The van der Waals surface area contributed by atoms with E-state index in [1.807, 2.05) is 0 Å². The second kappa shape index (κ2) is 5.71. The van der Waals surface area contributed by atoms with Crippen molar-refractivity contribution in [1.29, 1.82) is 0 Å². The van der Waals surface area contributed by atoms with Gasteiger partial charge in [-0.15, -0.1) is 0 Å². The van der Waals surface area contributed by atoms with Crippen LogP contribution in [-0.4, -0.2) is 28.7 Å². The van der Waals surface area contributed by atoms with E-state index in [9.17, 15) is 10.1 Å². The minimum absolute atomic E-state index is 0.109. The molecule has 0 spiro atoms. The quantitative estimate of drug-likeness (QED) is 0.664. The molecule has 0 saturated carbocycles. The summed E-state index contributed by atoms with van der Waals surface area (Å²) in [5.74, 6) is 0.478. The molecule has 1 saturated heterocycles. The first-order valence-corrected chi connectivity index (χ1v) is 6.60. The summed E-state index contributed by atoms with van der Waals surface area (Å²) >= 11 is 6.04. The van der Waals surface area contributed by atoms with E-state index >= 15 is 0 Å². The Bertz CT molecular complexity index is 475. The van der Waals surface area contributed by atoms with Gasteiger partial charge in [-0.05, 0) is 12.8 Å². The Labute approximate surface area is 116 Å². The molecule has 1 fully saturated rings. The fourth-order valence-electron chi connectivity index (χ4n) is 2.31. The van der Waals surface area contributed by atoms with Crippen LogP contribution in [0, 0.1) is 10.1 Å². The molecule has 7 heteroatoms. The van der Waals surface area contributed by atoms with Crippen molar-refractivity contribution >= 4 is 23.1 Å². The number of hydrogen-bond donors (Lipinski definition) is 1. The average Bonchev–Trinajstić information content (AvgIpc) is 2.81. The summed E-state index contributed by atoms with van der Waals surface area (Å²) in [4.78, 5) is 14.2. The number of pyridine rings is 1. The Hall–Kier alpha value is -1.40. The molecule has 0 amide bonds. The number of hydrogen-bond acceptors (Lipinski definition) is 5. The molecule has 0 bridgehead atoms. The van der Waals surface area contributed by atoms with Crippen molar-refractivity contribution in [1.82, 2.24) is 4.98 Å². The second-order valence-electron chi connectivity index (χ2n) is 4.74. The van der Waals surface area contributed by atoms with Gasteiger partial charge in [0.25, 0.3) is 5.69 Å². The van der Waals surface area contributed by atoms with E-state index in [0.29, 0.717) is 19.0 Å². The van der Waals surface area contributed by atoms with Crippen LogP contribution in [0.2, 0.25) is 5.02 Å². The molecule has 1 aromatic rings. The average molecular weight is 286 g/mol. The molecule has 2 heterocycles. The fourth-order valence-corrected chi connectivity index (χ4v) is 2.52. The third-order valence-electron chi connectivity index (χ3n) is 3.25. The molecule has 1 aromatic heterocycles. The van der Waals surface area contributed by atoms with Gasteiger partial charge < -0.3 is 10.1 Å². The van der Waals surface area contributed by atoms with E-state index < -0.39 is 4.92 Å². The lowest BCUT2D eigenvalue weighted by atomic mass is 9.93. The Balaban J connectivity index is 2.20. The Morgan fingerprint density at radius 2 is 2.47 bits per heavy atom. The van der Waals surface area contributed by atoms with E-state index in [1.54, 1.807) is 0 Å². The molecule has 19 heavy (non-hydrogen) atoms. The first kappa shape index (κ1) is 14.0. The fraction of sp³-hybridized carbons (Fsp3) is 0.583. The smallest absolute Gasteiger partial charge is 0.289 e. The van der Waals surface area contributed by atoms with Crippen LogP contribution in [0.3, 0.4) is 0 Å². The summed E-state index contributed by atoms with van der Waals surface area (Å²) in [5, 5.41) is 14.2. The second-order valence-corrected chi connectivity index (χ2v) is 5.15. The van der Waals surface area contributed by atoms with Crippen LogP contribution in [0.25, 0.3) is 0 Å². The Morgan fingerprint density at radius 3 is 3.00 bits per heavy atom. The summed E-state index contributed by atoms with van der Waals surface area (Å²) in [6, 6.07) is 1.31. The van der Waals surface area contributed by atoms with Gasteiger partial charge in [-0.1, -0.05) is 24.9 Å². The maximum atomic E-state index is 10.6. The van der Waals surface area contributed by atoms with Crippen molar-refractivity contribution < 1.29 is 9.66 Å². The zero-order valence-electron chi connectivity index (χ0n) is 10.7. The molecule has 2 rings (SSSR count). The zero-order chi connectivity index (χ0) is 13.9. The highest BCUT2D eigenvalue weighted by Crippen LogP contribution is 2.32. The zero-order valence-corrected chi connectivity index (χ0v) is 11.4. The molecular weight excluding hydrogens is 270 g/mol. The molecule has 1 aliphatic heterocycles. The topological polar surface area (TPSA) is 77.3 Å². The van der Waals surface area contributed by atoms with Gasteiger partial charge in [-0.3, -0.25) is 10.1 Å². The van der Waals surface area contributed by atoms with Gasteiger partial charge >= 0.3 is 0 Å². The van der Waals surface area contributed by atoms with E-state index in [-0.39, 0.29) is 16.2 Å². The van der Waals surface area contributed by atoms with Crippen molar-refractivity contribution in [3.05, 3.63) is 27.4 Å².